The van der Waals surface area contributed by atoms with E-state index in [4.69, 9.17) is 10.8 Å². The molecule has 4 heteroatoms. The van der Waals surface area contributed by atoms with Crippen LogP contribution in [0.2, 0.25) is 0 Å². The van der Waals surface area contributed by atoms with E-state index in [0.717, 1.165) is 34.7 Å². The molecule has 0 N–H and O–H groups in total. The molecule has 20 heavy (non-hydrogen) atoms. The number of benzene rings is 1. The average Bonchev–Trinajstić information content (AvgIpc) is 2.84. The van der Waals surface area contributed by atoms with Gasteiger partial charge in [0, 0.05) is 45.0 Å². The van der Waals surface area contributed by atoms with E-state index < -0.39 is 0 Å². The first-order chi connectivity index (χ1) is 10.2. The highest BCUT2D eigenvalue weighted by Gasteiger charge is 2.20. The Hall–Kier alpha value is -2.07. The lowest BCUT2D eigenvalue weighted by atomic mass is 10.2. The second-order valence-electron chi connectivity index (χ2n) is 4.79. The van der Waals surface area contributed by atoms with E-state index in [0.29, 0.717) is 6.54 Å². The summed E-state index contributed by atoms with van der Waals surface area (Å²) in [5.74, 6) is 1.56. The number of ether oxygens (including phenoxy) is 2. The number of rotatable bonds is 4. The zero-order valence-corrected chi connectivity index (χ0v) is 11.7. The lowest BCUT2D eigenvalue weighted by Crippen LogP contribution is -2.16. The van der Waals surface area contributed by atoms with Crippen molar-refractivity contribution in [3.8, 4) is 11.5 Å². The van der Waals surface area contributed by atoms with Crippen molar-refractivity contribution in [2.24, 2.45) is 0 Å². The molecule has 1 unspecified atom stereocenters. The van der Waals surface area contributed by atoms with Gasteiger partial charge in [0.1, 0.15) is 11.5 Å². The normalized spacial score (nSPS) is 18.5. The second kappa shape index (κ2) is 5.51. The summed E-state index contributed by atoms with van der Waals surface area (Å²) in [5, 5.41) is 0. The molecule has 1 aromatic heterocycles. The van der Waals surface area contributed by atoms with Gasteiger partial charge < -0.3 is 9.47 Å². The Morgan fingerprint density at radius 3 is 2.90 bits per heavy atom. The molecule has 0 saturated carbocycles. The first-order valence-corrected chi connectivity index (χ1v) is 6.53. The molecule has 1 aliphatic heterocycles. The van der Waals surface area contributed by atoms with Gasteiger partial charge in [0.05, 0.1) is 14.2 Å². The van der Waals surface area contributed by atoms with Crippen LogP contribution < -0.4 is 9.47 Å². The molecular formula is C16H18N2O2. The van der Waals surface area contributed by atoms with Crippen LogP contribution in [0.5, 0.6) is 11.5 Å². The van der Waals surface area contributed by atoms with E-state index in [9.17, 15) is 0 Å². The van der Waals surface area contributed by atoms with Crippen LogP contribution in [0.4, 0.5) is 0 Å². The minimum absolute atomic E-state index is 0.352. The van der Waals surface area contributed by atoms with Gasteiger partial charge >= 0.3 is 0 Å². The molecule has 1 atom stereocenters. The van der Waals surface area contributed by atoms with Crippen molar-refractivity contribution in [1.82, 2.24) is 9.88 Å². The van der Waals surface area contributed by atoms with Gasteiger partial charge in [-0.1, -0.05) is 6.07 Å². The van der Waals surface area contributed by atoms with Gasteiger partial charge in [0.2, 0.25) is 0 Å². The maximum Gasteiger partial charge on any atom is 0.127 e. The van der Waals surface area contributed by atoms with E-state index in [1.807, 2.05) is 30.5 Å². The third-order valence-corrected chi connectivity index (χ3v) is 3.50. The SMILES string of the molecule is [2H]C1c2ccncc2CN1Cc1ccc(OC)cc1OC. The largest absolute Gasteiger partial charge is 0.497 e. The molecule has 0 spiro atoms. The predicted molar refractivity (Wildman–Crippen MR) is 76.7 cm³/mol. The van der Waals surface area contributed by atoms with Crippen molar-refractivity contribution in [3.05, 3.63) is 53.3 Å². The van der Waals surface area contributed by atoms with Gasteiger partial charge in [0.25, 0.3) is 0 Å². The second-order valence-corrected chi connectivity index (χ2v) is 4.79. The van der Waals surface area contributed by atoms with E-state index in [1.54, 1.807) is 20.4 Å². The van der Waals surface area contributed by atoms with Crippen molar-refractivity contribution < 1.29 is 10.8 Å². The lowest BCUT2D eigenvalue weighted by Gasteiger charge is -2.17. The van der Waals surface area contributed by atoms with Gasteiger partial charge in [0.15, 0.2) is 0 Å². The van der Waals surface area contributed by atoms with E-state index in [2.05, 4.69) is 9.88 Å². The smallest absolute Gasteiger partial charge is 0.127 e. The van der Waals surface area contributed by atoms with Gasteiger partial charge in [-0.15, -0.1) is 0 Å². The van der Waals surface area contributed by atoms with Crippen molar-refractivity contribution in [2.45, 2.75) is 19.6 Å². The molecule has 2 heterocycles. The highest BCUT2D eigenvalue weighted by Crippen LogP contribution is 2.29. The van der Waals surface area contributed by atoms with Gasteiger partial charge in [-0.2, -0.15) is 0 Å². The minimum atomic E-state index is -0.352. The summed E-state index contributed by atoms with van der Waals surface area (Å²) < 4.78 is 19.0. The molecule has 1 aliphatic rings. The molecule has 0 fully saturated rings. The Balaban J connectivity index is 1.82. The number of hydrogen-bond acceptors (Lipinski definition) is 4. The quantitative estimate of drug-likeness (QED) is 0.856. The Morgan fingerprint density at radius 1 is 1.25 bits per heavy atom. The monoisotopic (exact) mass is 271 g/mol. The van der Waals surface area contributed by atoms with Crippen LogP contribution in [0.25, 0.3) is 0 Å². The van der Waals surface area contributed by atoms with E-state index >= 15 is 0 Å². The number of pyridine rings is 1. The molecule has 104 valence electrons. The molecule has 1 aromatic carbocycles. The lowest BCUT2D eigenvalue weighted by molar-refractivity contribution is 0.269. The Morgan fingerprint density at radius 2 is 2.15 bits per heavy atom. The summed E-state index contributed by atoms with van der Waals surface area (Å²) in [6.07, 6.45) is 3.60. The third-order valence-electron chi connectivity index (χ3n) is 3.50. The number of nitrogens with zero attached hydrogens (tertiary/aromatic N) is 2. The Bertz CT molecular complexity index is 648. The number of methoxy groups -OCH3 is 2. The maximum atomic E-state index is 8.36. The van der Waals surface area contributed by atoms with Crippen LogP contribution >= 0.6 is 0 Å². The highest BCUT2D eigenvalue weighted by molar-refractivity contribution is 5.41. The average molecular weight is 271 g/mol. The molecule has 0 amide bonds. The zero-order chi connectivity index (χ0) is 14.8. The highest BCUT2D eigenvalue weighted by atomic mass is 16.5. The van der Waals surface area contributed by atoms with Crippen molar-refractivity contribution in [3.63, 3.8) is 0 Å². The summed E-state index contributed by atoms with van der Waals surface area (Å²) in [5.41, 5.74) is 3.22. The van der Waals surface area contributed by atoms with Crippen LogP contribution in [-0.4, -0.2) is 24.1 Å². The zero-order valence-electron chi connectivity index (χ0n) is 12.7. The summed E-state index contributed by atoms with van der Waals surface area (Å²) in [6.45, 7) is 1.05. The minimum Gasteiger partial charge on any atom is -0.497 e. The van der Waals surface area contributed by atoms with Gasteiger partial charge in [-0.05, 0) is 23.3 Å². The fraction of sp³-hybridized carbons (Fsp3) is 0.312. The first-order valence-electron chi connectivity index (χ1n) is 7.10. The summed E-state index contributed by atoms with van der Waals surface area (Å²) in [6, 6.07) is 7.71. The predicted octanol–water partition coefficient (Wildman–Crippen LogP) is 2.61. The summed E-state index contributed by atoms with van der Waals surface area (Å²) >= 11 is 0. The fourth-order valence-corrected chi connectivity index (χ4v) is 2.46. The molecule has 2 aromatic rings. The standard InChI is InChI=1S/C16H18N2O2/c1-19-15-4-3-13(16(7-15)20-2)10-18-9-12-5-6-17-8-14(12)11-18/h3-8H,9-11H2,1-2H3/i9D. The van der Waals surface area contributed by atoms with Crippen LogP contribution in [-0.2, 0) is 19.6 Å². The van der Waals surface area contributed by atoms with Crippen molar-refractivity contribution in [2.75, 3.05) is 14.2 Å². The van der Waals surface area contributed by atoms with Crippen LogP contribution in [0.3, 0.4) is 0 Å². The Labute approximate surface area is 120 Å². The topological polar surface area (TPSA) is 34.6 Å². The van der Waals surface area contributed by atoms with Crippen LogP contribution in [0, 0.1) is 0 Å². The molecule has 0 bridgehead atoms. The first kappa shape index (κ1) is 11.7. The van der Waals surface area contributed by atoms with Crippen LogP contribution in [0.15, 0.2) is 36.7 Å². The van der Waals surface area contributed by atoms with Gasteiger partial charge in [-0.3, -0.25) is 9.88 Å². The molecular weight excluding hydrogens is 252 g/mol. The molecule has 0 aliphatic carbocycles. The maximum absolute atomic E-state index is 8.36. The number of fused-ring (bicyclic) bond motifs is 1. The molecule has 3 rings (SSSR count). The summed E-state index contributed by atoms with van der Waals surface area (Å²) in [4.78, 5) is 6.23. The van der Waals surface area contributed by atoms with Crippen LogP contribution in [0.1, 0.15) is 18.1 Å². The fourth-order valence-electron chi connectivity index (χ4n) is 2.46. The summed E-state index contributed by atoms with van der Waals surface area (Å²) in [7, 11) is 3.29. The number of hydrogen-bond donors (Lipinski definition) is 0. The Kier molecular flexibility index (Phi) is 3.23. The van der Waals surface area contributed by atoms with Gasteiger partial charge in [-0.25, -0.2) is 0 Å². The van der Waals surface area contributed by atoms with E-state index in [-0.39, 0.29) is 6.52 Å². The number of aromatic nitrogens is 1. The third kappa shape index (κ3) is 2.47. The molecule has 4 nitrogen and oxygen atoms in total. The molecule has 0 saturated heterocycles. The van der Waals surface area contributed by atoms with Crippen molar-refractivity contribution >= 4 is 0 Å². The van der Waals surface area contributed by atoms with E-state index in [1.165, 1.54) is 0 Å². The van der Waals surface area contributed by atoms with Crippen molar-refractivity contribution in [1.29, 1.82) is 0 Å². The molecule has 0 radical (unpaired) electrons.